The maximum Gasteiger partial charge on any atom is 0.191 e. The first-order chi connectivity index (χ1) is 13.7. The Labute approximate surface area is 169 Å². The second-order valence-electron chi connectivity index (χ2n) is 8.13. The van der Waals surface area contributed by atoms with E-state index >= 15 is 0 Å². The van der Waals surface area contributed by atoms with E-state index in [-0.39, 0.29) is 0 Å². The van der Waals surface area contributed by atoms with Crippen LogP contribution in [0, 0.1) is 11.8 Å². The third kappa shape index (κ3) is 6.38. The van der Waals surface area contributed by atoms with E-state index in [2.05, 4.69) is 52.6 Å². The van der Waals surface area contributed by atoms with E-state index in [9.17, 15) is 0 Å². The van der Waals surface area contributed by atoms with Crippen molar-refractivity contribution in [2.45, 2.75) is 39.3 Å². The van der Waals surface area contributed by atoms with Gasteiger partial charge in [-0.2, -0.15) is 0 Å². The Balaban J connectivity index is 1.50. The summed E-state index contributed by atoms with van der Waals surface area (Å²) in [6, 6.07) is 8.74. The van der Waals surface area contributed by atoms with Crippen molar-refractivity contribution < 1.29 is 9.47 Å². The van der Waals surface area contributed by atoms with Crippen molar-refractivity contribution in [1.82, 2.24) is 15.5 Å². The van der Waals surface area contributed by atoms with Crippen LogP contribution in [0.25, 0.3) is 0 Å². The number of hydrogen-bond acceptors (Lipinski definition) is 4. The number of hydrogen-bond donors (Lipinski definition) is 2. The fraction of sp³-hybridized carbons (Fsp3) is 0.682. The summed E-state index contributed by atoms with van der Waals surface area (Å²) in [5.41, 5.74) is 1.17. The lowest BCUT2D eigenvalue weighted by Gasteiger charge is -2.37. The molecule has 2 N–H and O–H groups in total. The Bertz CT molecular complexity index is 625. The maximum atomic E-state index is 6.02. The molecule has 28 heavy (non-hydrogen) atoms. The zero-order chi connectivity index (χ0) is 19.8. The van der Waals surface area contributed by atoms with Gasteiger partial charge in [0.15, 0.2) is 5.96 Å². The third-order valence-electron chi connectivity index (χ3n) is 5.58. The molecule has 6 nitrogen and oxygen atoms in total. The van der Waals surface area contributed by atoms with Crippen LogP contribution in [0.5, 0.6) is 5.75 Å². The molecule has 2 fully saturated rings. The van der Waals surface area contributed by atoms with E-state index in [1.165, 1.54) is 18.4 Å². The zero-order valence-corrected chi connectivity index (χ0v) is 17.6. The predicted octanol–water partition coefficient (Wildman–Crippen LogP) is 2.50. The normalized spacial score (nSPS) is 19.5. The van der Waals surface area contributed by atoms with Crippen LogP contribution < -0.4 is 15.4 Å². The molecule has 0 radical (unpaired) electrons. The van der Waals surface area contributed by atoms with Gasteiger partial charge in [0, 0.05) is 44.8 Å². The second kappa shape index (κ2) is 10.7. The van der Waals surface area contributed by atoms with Crippen LogP contribution in [-0.4, -0.2) is 63.4 Å². The summed E-state index contributed by atoms with van der Waals surface area (Å²) in [5.74, 6) is 3.13. The molecular weight excluding hydrogens is 352 g/mol. The van der Waals surface area contributed by atoms with Crippen molar-refractivity contribution in [1.29, 1.82) is 0 Å². The van der Waals surface area contributed by atoms with Crippen molar-refractivity contribution in [3.8, 4) is 5.75 Å². The average molecular weight is 389 g/mol. The Morgan fingerprint density at radius 1 is 1.21 bits per heavy atom. The van der Waals surface area contributed by atoms with E-state index in [1.54, 1.807) is 0 Å². The fourth-order valence-corrected chi connectivity index (χ4v) is 3.58. The van der Waals surface area contributed by atoms with Gasteiger partial charge < -0.3 is 20.1 Å². The molecule has 1 atom stereocenters. The van der Waals surface area contributed by atoms with Crippen LogP contribution in [0.1, 0.15) is 32.3 Å². The van der Waals surface area contributed by atoms with Crippen molar-refractivity contribution in [3.05, 3.63) is 29.8 Å². The molecule has 1 saturated carbocycles. The van der Waals surface area contributed by atoms with E-state index in [0.717, 1.165) is 57.1 Å². The number of guanidine groups is 1. The van der Waals surface area contributed by atoms with Crippen LogP contribution in [0.3, 0.4) is 0 Å². The van der Waals surface area contributed by atoms with Crippen LogP contribution >= 0.6 is 0 Å². The molecule has 1 aromatic carbocycles. The number of nitrogens with one attached hydrogen (secondary N) is 2. The predicted molar refractivity (Wildman–Crippen MR) is 114 cm³/mol. The second-order valence-corrected chi connectivity index (χ2v) is 8.13. The van der Waals surface area contributed by atoms with Gasteiger partial charge in [0.2, 0.25) is 0 Å². The minimum absolute atomic E-state index is 0.469. The highest BCUT2D eigenvalue weighted by Crippen LogP contribution is 2.30. The summed E-state index contributed by atoms with van der Waals surface area (Å²) in [5, 5.41) is 6.96. The smallest absolute Gasteiger partial charge is 0.191 e. The molecular formula is C22H36N4O2. The highest BCUT2D eigenvalue weighted by molar-refractivity contribution is 5.79. The number of ether oxygens (including phenoxy) is 2. The highest BCUT2D eigenvalue weighted by atomic mass is 16.5. The molecule has 1 aromatic rings. The Kier molecular flexibility index (Phi) is 7.98. The first-order valence-electron chi connectivity index (χ1n) is 10.6. The van der Waals surface area contributed by atoms with E-state index in [4.69, 9.17) is 9.47 Å². The number of nitrogens with zero attached hydrogens (tertiary/aromatic N) is 2. The molecule has 0 spiro atoms. The lowest BCUT2D eigenvalue weighted by atomic mass is 10.0. The largest absolute Gasteiger partial charge is 0.493 e. The number of benzene rings is 1. The molecule has 1 saturated heterocycles. The van der Waals surface area contributed by atoms with Gasteiger partial charge in [0.1, 0.15) is 5.75 Å². The van der Waals surface area contributed by atoms with Gasteiger partial charge in [-0.05, 0) is 30.7 Å². The fourth-order valence-electron chi connectivity index (χ4n) is 3.58. The minimum Gasteiger partial charge on any atom is -0.493 e. The molecule has 1 heterocycles. The highest BCUT2D eigenvalue weighted by Gasteiger charge is 2.24. The van der Waals surface area contributed by atoms with Gasteiger partial charge in [-0.1, -0.05) is 32.0 Å². The van der Waals surface area contributed by atoms with E-state index in [0.29, 0.717) is 18.5 Å². The average Bonchev–Trinajstić information content (AvgIpc) is 3.54. The van der Waals surface area contributed by atoms with Gasteiger partial charge in [0.05, 0.1) is 19.8 Å². The van der Waals surface area contributed by atoms with Gasteiger partial charge in [0.25, 0.3) is 0 Å². The summed E-state index contributed by atoms with van der Waals surface area (Å²) in [7, 11) is 1.82. The summed E-state index contributed by atoms with van der Waals surface area (Å²) in [6.07, 6.45) is 2.61. The van der Waals surface area contributed by atoms with Gasteiger partial charge in [-0.15, -0.1) is 0 Å². The lowest BCUT2D eigenvalue weighted by molar-refractivity contribution is 0.00752. The summed E-state index contributed by atoms with van der Waals surface area (Å²) in [4.78, 5) is 6.93. The standard InChI is InChI=1S/C22H36N4O2/c1-17(2)20(26-10-12-27-13-11-26)15-25-22(23-3)24-14-19-6-4-5-7-21(19)28-16-18-8-9-18/h4-7,17-18,20H,8-16H2,1-3H3,(H2,23,24,25). The molecule has 2 aliphatic rings. The molecule has 1 unspecified atom stereocenters. The van der Waals surface area contributed by atoms with Crippen molar-refractivity contribution >= 4 is 5.96 Å². The number of para-hydroxylation sites is 1. The Morgan fingerprint density at radius 2 is 1.96 bits per heavy atom. The maximum absolute atomic E-state index is 6.02. The monoisotopic (exact) mass is 388 g/mol. The summed E-state index contributed by atoms with van der Waals surface area (Å²) in [6.45, 7) is 10.6. The quantitative estimate of drug-likeness (QED) is 0.503. The van der Waals surface area contributed by atoms with Gasteiger partial charge in [-0.3, -0.25) is 9.89 Å². The molecule has 0 aromatic heterocycles. The first-order valence-corrected chi connectivity index (χ1v) is 10.6. The zero-order valence-electron chi connectivity index (χ0n) is 17.6. The van der Waals surface area contributed by atoms with Gasteiger partial charge in [-0.25, -0.2) is 0 Å². The Hall–Kier alpha value is -1.79. The van der Waals surface area contributed by atoms with E-state index < -0.39 is 0 Å². The lowest BCUT2D eigenvalue weighted by Crippen LogP contribution is -2.52. The van der Waals surface area contributed by atoms with Crippen molar-refractivity contribution in [2.75, 3.05) is 46.5 Å². The van der Waals surface area contributed by atoms with Crippen molar-refractivity contribution in [3.63, 3.8) is 0 Å². The van der Waals surface area contributed by atoms with Crippen molar-refractivity contribution in [2.24, 2.45) is 16.8 Å². The molecule has 156 valence electrons. The molecule has 1 aliphatic heterocycles. The number of morpholine rings is 1. The van der Waals surface area contributed by atoms with Crippen LogP contribution in [0.15, 0.2) is 29.3 Å². The Morgan fingerprint density at radius 3 is 2.64 bits per heavy atom. The van der Waals surface area contributed by atoms with Crippen LogP contribution in [0.4, 0.5) is 0 Å². The summed E-state index contributed by atoms with van der Waals surface area (Å²) < 4.78 is 11.5. The molecule has 0 amide bonds. The topological polar surface area (TPSA) is 58.1 Å². The van der Waals surface area contributed by atoms with Crippen LogP contribution in [0.2, 0.25) is 0 Å². The van der Waals surface area contributed by atoms with Crippen LogP contribution in [-0.2, 0) is 11.3 Å². The molecule has 0 bridgehead atoms. The SMILES string of the molecule is CN=C(NCc1ccccc1OCC1CC1)NCC(C(C)C)N1CCOCC1. The third-order valence-corrected chi connectivity index (χ3v) is 5.58. The molecule has 6 heteroatoms. The molecule has 1 aliphatic carbocycles. The minimum atomic E-state index is 0.469. The number of rotatable bonds is 9. The van der Waals surface area contributed by atoms with Gasteiger partial charge >= 0.3 is 0 Å². The van der Waals surface area contributed by atoms with E-state index in [1.807, 2.05) is 13.1 Å². The number of aliphatic imine (C=N–C) groups is 1. The first kappa shape index (κ1) is 20.9. The summed E-state index contributed by atoms with van der Waals surface area (Å²) >= 11 is 0. The molecule has 3 rings (SSSR count).